The van der Waals surface area contributed by atoms with Crippen LogP contribution < -0.4 is 5.32 Å². The normalized spacial score (nSPS) is 28.2. The maximum absolute atomic E-state index is 9.67. The molecule has 1 aliphatic heterocycles. The smallest absolute Gasteiger partial charge is 0.0760 e. The van der Waals surface area contributed by atoms with E-state index in [9.17, 15) is 5.11 Å². The fourth-order valence-electron chi connectivity index (χ4n) is 1.94. The van der Waals surface area contributed by atoms with Crippen LogP contribution in [-0.2, 0) is 7.05 Å². The highest BCUT2D eigenvalue weighted by atomic mass is 16.3. The van der Waals surface area contributed by atoms with Gasteiger partial charge in [0.1, 0.15) is 0 Å². The van der Waals surface area contributed by atoms with Gasteiger partial charge in [0, 0.05) is 31.7 Å². The van der Waals surface area contributed by atoms with E-state index in [0.29, 0.717) is 6.54 Å². The molecule has 2 atom stereocenters. The van der Waals surface area contributed by atoms with Crippen molar-refractivity contribution in [3.63, 3.8) is 0 Å². The molecule has 0 spiro atoms. The van der Waals surface area contributed by atoms with Gasteiger partial charge in [-0.1, -0.05) is 0 Å². The van der Waals surface area contributed by atoms with E-state index in [1.54, 1.807) is 0 Å². The van der Waals surface area contributed by atoms with Crippen LogP contribution in [0.5, 0.6) is 0 Å². The number of rotatable bonds is 1. The highest BCUT2D eigenvalue weighted by Crippen LogP contribution is 2.22. The third-order valence-corrected chi connectivity index (χ3v) is 2.60. The van der Waals surface area contributed by atoms with Crippen LogP contribution >= 0.6 is 0 Å². The van der Waals surface area contributed by atoms with E-state index < -0.39 is 0 Å². The van der Waals surface area contributed by atoms with Crippen LogP contribution in [0.15, 0.2) is 6.07 Å². The molecule has 4 nitrogen and oxygen atoms in total. The van der Waals surface area contributed by atoms with Gasteiger partial charge in [0.15, 0.2) is 0 Å². The molecule has 1 fully saturated rings. The Morgan fingerprint density at radius 1 is 1.62 bits per heavy atom. The van der Waals surface area contributed by atoms with Crippen LogP contribution in [0.1, 0.15) is 17.3 Å². The summed E-state index contributed by atoms with van der Waals surface area (Å²) in [5, 5.41) is 17.1. The number of aryl methyl sites for hydroxylation is 2. The lowest BCUT2D eigenvalue weighted by molar-refractivity contribution is 0.174. The third-order valence-electron chi connectivity index (χ3n) is 2.60. The number of aliphatic hydroxyl groups is 1. The largest absolute Gasteiger partial charge is 0.391 e. The molecule has 2 rings (SSSR count). The Balaban J connectivity index is 2.28. The molecule has 0 radical (unpaired) electrons. The minimum Gasteiger partial charge on any atom is -0.391 e. The zero-order valence-electron chi connectivity index (χ0n) is 7.99. The lowest BCUT2D eigenvalue weighted by atomic mass is 10.0. The minimum atomic E-state index is -0.269. The highest BCUT2D eigenvalue weighted by Gasteiger charge is 2.28. The average molecular weight is 181 g/mol. The van der Waals surface area contributed by atoms with Crippen molar-refractivity contribution >= 4 is 0 Å². The van der Waals surface area contributed by atoms with Crippen LogP contribution in [-0.4, -0.2) is 34.1 Å². The standard InChI is InChI=1S/C9H15N3O/c1-6-3-8(12(2)11-6)7-4-10-5-9(7)13/h3,7,9-10,13H,4-5H2,1-2H3/t7-,9+/m0/s1. The van der Waals surface area contributed by atoms with Crippen molar-refractivity contribution in [3.8, 4) is 0 Å². The van der Waals surface area contributed by atoms with Crippen LogP contribution in [0.25, 0.3) is 0 Å². The summed E-state index contributed by atoms with van der Waals surface area (Å²) in [4.78, 5) is 0. The van der Waals surface area contributed by atoms with Crippen molar-refractivity contribution in [1.29, 1.82) is 0 Å². The summed E-state index contributed by atoms with van der Waals surface area (Å²) in [6.45, 7) is 3.51. The molecule has 1 saturated heterocycles. The zero-order chi connectivity index (χ0) is 9.42. The summed E-state index contributed by atoms with van der Waals surface area (Å²) >= 11 is 0. The molecule has 2 N–H and O–H groups in total. The van der Waals surface area contributed by atoms with Crippen LogP contribution in [0, 0.1) is 6.92 Å². The monoisotopic (exact) mass is 181 g/mol. The van der Waals surface area contributed by atoms with Gasteiger partial charge in [-0.25, -0.2) is 0 Å². The maximum Gasteiger partial charge on any atom is 0.0760 e. The Morgan fingerprint density at radius 3 is 2.85 bits per heavy atom. The first-order valence-corrected chi connectivity index (χ1v) is 4.58. The second kappa shape index (κ2) is 3.12. The van der Waals surface area contributed by atoms with E-state index >= 15 is 0 Å². The van der Waals surface area contributed by atoms with Crippen LogP contribution in [0.2, 0.25) is 0 Å². The number of hydrogen-bond donors (Lipinski definition) is 2. The average Bonchev–Trinajstić information content (AvgIpc) is 2.58. The molecule has 1 aromatic rings. The molecule has 1 aromatic heterocycles. The summed E-state index contributed by atoms with van der Waals surface area (Å²) < 4.78 is 1.86. The molecule has 2 heterocycles. The molecule has 0 saturated carbocycles. The van der Waals surface area contributed by atoms with Crippen molar-refractivity contribution < 1.29 is 5.11 Å². The molecule has 0 unspecified atom stereocenters. The van der Waals surface area contributed by atoms with E-state index in [0.717, 1.165) is 17.9 Å². The Bertz CT molecular complexity index is 308. The topological polar surface area (TPSA) is 50.1 Å². The van der Waals surface area contributed by atoms with Gasteiger partial charge in [0.25, 0.3) is 0 Å². The van der Waals surface area contributed by atoms with Gasteiger partial charge in [-0.15, -0.1) is 0 Å². The summed E-state index contributed by atoms with van der Waals surface area (Å²) in [7, 11) is 1.92. The molecule has 0 aliphatic carbocycles. The fourth-order valence-corrected chi connectivity index (χ4v) is 1.94. The summed E-state index contributed by atoms with van der Waals surface area (Å²) in [5.74, 6) is 0.200. The number of nitrogens with one attached hydrogen (secondary N) is 1. The van der Waals surface area contributed by atoms with Crippen LogP contribution in [0.3, 0.4) is 0 Å². The summed E-state index contributed by atoms with van der Waals surface area (Å²) in [6, 6.07) is 2.04. The number of β-amino-alcohol motifs (C(OH)–C–C–N with tert-alkyl or cyclic N) is 1. The van der Waals surface area contributed by atoms with E-state index in [2.05, 4.69) is 10.4 Å². The number of nitrogens with zero attached hydrogens (tertiary/aromatic N) is 2. The highest BCUT2D eigenvalue weighted by molar-refractivity contribution is 5.17. The van der Waals surface area contributed by atoms with Gasteiger partial charge >= 0.3 is 0 Å². The van der Waals surface area contributed by atoms with E-state index in [1.165, 1.54) is 0 Å². The fraction of sp³-hybridized carbons (Fsp3) is 0.667. The number of aliphatic hydroxyl groups excluding tert-OH is 1. The van der Waals surface area contributed by atoms with Crippen molar-refractivity contribution in [2.24, 2.45) is 7.05 Å². The Hall–Kier alpha value is -0.870. The molecular formula is C9H15N3O. The lowest BCUT2D eigenvalue weighted by Gasteiger charge is -2.12. The van der Waals surface area contributed by atoms with Gasteiger partial charge in [-0.2, -0.15) is 5.10 Å². The van der Waals surface area contributed by atoms with Crippen molar-refractivity contribution in [2.45, 2.75) is 18.9 Å². The van der Waals surface area contributed by atoms with E-state index in [4.69, 9.17) is 0 Å². The van der Waals surface area contributed by atoms with Crippen LogP contribution in [0.4, 0.5) is 0 Å². The predicted octanol–water partition coefficient (Wildman–Crippen LogP) is -0.224. The van der Waals surface area contributed by atoms with Gasteiger partial charge in [-0.05, 0) is 13.0 Å². The molecule has 72 valence electrons. The molecule has 0 bridgehead atoms. The van der Waals surface area contributed by atoms with Crippen molar-refractivity contribution in [1.82, 2.24) is 15.1 Å². The molecule has 13 heavy (non-hydrogen) atoms. The van der Waals surface area contributed by atoms with Gasteiger partial charge < -0.3 is 10.4 Å². The Labute approximate surface area is 77.6 Å². The second-order valence-electron chi connectivity index (χ2n) is 3.67. The molecule has 0 aromatic carbocycles. The molecule has 0 amide bonds. The van der Waals surface area contributed by atoms with Gasteiger partial charge in [0.05, 0.1) is 11.8 Å². The molecular weight excluding hydrogens is 166 g/mol. The Morgan fingerprint density at radius 2 is 2.38 bits per heavy atom. The van der Waals surface area contributed by atoms with Gasteiger partial charge in [-0.3, -0.25) is 4.68 Å². The number of aromatic nitrogens is 2. The van der Waals surface area contributed by atoms with E-state index in [-0.39, 0.29) is 12.0 Å². The summed E-state index contributed by atoms with van der Waals surface area (Å²) in [5.41, 5.74) is 2.13. The second-order valence-corrected chi connectivity index (χ2v) is 3.67. The van der Waals surface area contributed by atoms with E-state index in [1.807, 2.05) is 24.7 Å². The number of hydrogen-bond acceptors (Lipinski definition) is 3. The minimum absolute atomic E-state index is 0.200. The lowest BCUT2D eigenvalue weighted by Crippen LogP contribution is -2.18. The first kappa shape index (κ1) is 8.72. The molecule has 4 heteroatoms. The predicted molar refractivity (Wildman–Crippen MR) is 49.6 cm³/mol. The first-order chi connectivity index (χ1) is 6.18. The molecule has 1 aliphatic rings. The van der Waals surface area contributed by atoms with Crippen molar-refractivity contribution in [3.05, 3.63) is 17.5 Å². The third kappa shape index (κ3) is 1.47. The quantitative estimate of drug-likeness (QED) is 0.629. The Kier molecular flexibility index (Phi) is 2.09. The van der Waals surface area contributed by atoms with Gasteiger partial charge in [0.2, 0.25) is 0 Å². The zero-order valence-corrected chi connectivity index (χ0v) is 7.99. The summed E-state index contributed by atoms with van der Waals surface area (Å²) in [6.07, 6.45) is -0.269. The maximum atomic E-state index is 9.67. The van der Waals surface area contributed by atoms with Crippen molar-refractivity contribution in [2.75, 3.05) is 13.1 Å². The first-order valence-electron chi connectivity index (χ1n) is 4.58. The SMILES string of the molecule is Cc1cc([C@@H]2CNC[C@H]2O)n(C)n1.